The van der Waals surface area contributed by atoms with Crippen LogP contribution >= 0.6 is 11.3 Å². The van der Waals surface area contributed by atoms with Crippen molar-refractivity contribution in [1.29, 1.82) is 0 Å². The number of fused-ring (bicyclic) bond motifs is 27. The van der Waals surface area contributed by atoms with Crippen LogP contribution in [0.1, 0.15) is 25.0 Å². The van der Waals surface area contributed by atoms with Crippen molar-refractivity contribution in [3.63, 3.8) is 0 Å². The van der Waals surface area contributed by atoms with E-state index in [1.54, 1.807) is 0 Å². The lowest BCUT2D eigenvalue weighted by atomic mass is 9.82. The third kappa shape index (κ3) is 12.2. The van der Waals surface area contributed by atoms with Gasteiger partial charge in [0, 0.05) is 113 Å². The van der Waals surface area contributed by atoms with E-state index < -0.39 is 24.2 Å². The van der Waals surface area contributed by atoms with Gasteiger partial charge in [-0.05, 0) is 156 Å². The molecule has 0 saturated carbocycles. The van der Waals surface area contributed by atoms with Crippen molar-refractivity contribution < 1.29 is 4.42 Å². The van der Waals surface area contributed by atoms with E-state index in [1.807, 2.05) is 35.6 Å². The lowest BCUT2D eigenvalue weighted by molar-refractivity contribution is 0.661. The maximum absolute atomic E-state index is 6.29. The summed E-state index contributed by atoms with van der Waals surface area (Å²) in [5, 5.41) is 20.7. The summed E-state index contributed by atoms with van der Waals surface area (Å²) in [5.74, 6) is 3.34. The standard InChI is InChI=1S/C42H29N3OSi.C42H29N3SSi.C39H31N3Si/c2*1-47(2)38-19-11-8-16-31(38)40-41(47)39(43-42(44-40)27-12-4-3-5-13-27)26-20-22-28(23-21-26)45-34-17-9-6-14-29(34)32-25-37-33(24-35(32)45)30-15-7-10-18-36(30)46-37;1-39(2)30-19-11-8-16-25(30)28-23-33-29(22-31(28)39)26-17-9-12-20-32(26)42(33)38-36-35(27-18-10-13-21-34(27)43(36,3)4)40-37(41-38)24-14-6-5-7-15-24/h2*3-25H,1-2H3;5-23H,1-4H3. The third-order valence-electron chi connectivity index (χ3n) is 30.0. The number of thiophene rings is 1. The molecule has 3 aliphatic heterocycles. The van der Waals surface area contributed by atoms with Crippen molar-refractivity contribution in [1.82, 2.24) is 43.6 Å². The number of rotatable bonds is 8. The lowest BCUT2D eigenvalue weighted by Gasteiger charge is -2.23. The number of benzene rings is 17. The van der Waals surface area contributed by atoms with Crippen LogP contribution in [0, 0.1) is 0 Å². The first-order valence-electron chi connectivity index (χ1n) is 47.3. The topological polar surface area (TPSA) is 105 Å². The van der Waals surface area contributed by atoms with Crippen LogP contribution in [0.5, 0.6) is 0 Å². The number of hydrogen-bond donors (Lipinski definition) is 0. The van der Waals surface area contributed by atoms with Crippen molar-refractivity contribution in [2.24, 2.45) is 0 Å². The van der Waals surface area contributed by atoms with Gasteiger partial charge in [0.25, 0.3) is 0 Å². The van der Waals surface area contributed by atoms with E-state index in [4.69, 9.17) is 34.3 Å². The SMILES string of the molecule is CC1(C)c2ccccc2-c2cc3c(cc21)c1ccccc1n3-c1nc(-c2ccccc2)nc2c1[Si](C)(C)c1ccccc1-2.C[Si]1(C)c2ccccc2-c2nc(-c3ccccc3)nc(-c3ccc(-n4c5ccccc5c5cc6oc7ccccc7c6cc54)cc3)c21.C[Si]1(C)c2ccccc2-c2nc(-c3ccccc3)nc(-c3ccc(-n4c5ccccc5c5cc6sc7ccccc7c6cc54)cc3)c21. The van der Waals surface area contributed by atoms with Crippen molar-refractivity contribution in [3.8, 4) is 119 Å². The average molecular weight is 1830 g/mol. The fourth-order valence-corrected chi connectivity index (χ4v) is 34.2. The highest BCUT2D eigenvalue weighted by Gasteiger charge is 2.46. The fourth-order valence-electron chi connectivity index (χ4n) is 23.4. The first kappa shape index (κ1) is 80.7. The summed E-state index contributed by atoms with van der Waals surface area (Å²) < 4.78 is 16.2. The second kappa shape index (κ2) is 30.3. The van der Waals surface area contributed by atoms with E-state index in [9.17, 15) is 0 Å². The second-order valence-electron chi connectivity index (χ2n) is 39.1. The number of nitrogens with zero attached hydrogens (tertiary/aromatic N) is 9. The Labute approximate surface area is 798 Å². The number of para-hydroxylation sites is 4. The van der Waals surface area contributed by atoms with Gasteiger partial charge in [-0.1, -0.05) is 356 Å². The molecule has 0 fully saturated rings. The van der Waals surface area contributed by atoms with Gasteiger partial charge in [-0.2, -0.15) is 0 Å². The quantitative estimate of drug-likeness (QED) is 0.140. The summed E-state index contributed by atoms with van der Waals surface area (Å²) in [6.45, 7) is 19.4. The maximum Gasteiger partial charge on any atom is 0.162 e. The highest BCUT2D eigenvalue weighted by molar-refractivity contribution is 7.26. The van der Waals surface area contributed by atoms with Crippen LogP contribution in [0.15, 0.2) is 399 Å². The summed E-state index contributed by atoms with van der Waals surface area (Å²) in [6, 6.07) is 142. The van der Waals surface area contributed by atoms with Gasteiger partial charge >= 0.3 is 0 Å². The third-order valence-corrected chi connectivity index (χ3v) is 41.6. The van der Waals surface area contributed by atoms with Crippen molar-refractivity contribution in [2.45, 2.75) is 58.5 Å². The molecule has 0 N–H and O–H groups in total. The first-order valence-corrected chi connectivity index (χ1v) is 57.1. The molecule has 0 spiro atoms. The molecule has 11 heterocycles. The molecule has 0 atom stereocenters. The molecule has 10 nitrogen and oxygen atoms in total. The molecule has 650 valence electrons. The zero-order valence-corrected chi connectivity index (χ0v) is 80.7. The molecule has 8 aromatic heterocycles. The van der Waals surface area contributed by atoms with Crippen LogP contribution in [-0.4, -0.2) is 67.8 Å². The molecule has 0 radical (unpaired) electrons. The second-order valence-corrected chi connectivity index (χ2v) is 53.1. The monoisotopic (exact) mass is 1820 g/mol. The molecule has 25 aromatic rings. The predicted octanol–water partition coefficient (Wildman–Crippen LogP) is 28.0. The van der Waals surface area contributed by atoms with Gasteiger partial charge in [-0.15, -0.1) is 11.3 Å². The molecule has 17 aromatic carbocycles. The maximum atomic E-state index is 6.29. The van der Waals surface area contributed by atoms with Gasteiger partial charge in [0.2, 0.25) is 0 Å². The summed E-state index contributed by atoms with van der Waals surface area (Å²) in [4.78, 5) is 31.9. The minimum Gasteiger partial charge on any atom is -0.456 e. The Hall–Kier alpha value is -15.9. The zero-order valence-electron chi connectivity index (χ0n) is 76.9. The van der Waals surface area contributed by atoms with Crippen molar-refractivity contribution in [2.75, 3.05) is 0 Å². The van der Waals surface area contributed by atoms with Crippen molar-refractivity contribution in [3.05, 3.63) is 405 Å². The Bertz CT molecular complexity index is 9040. The summed E-state index contributed by atoms with van der Waals surface area (Å²) >= 11 is 1.88. The Balaban J connectivity index is 0.000000104. The van der Waals surface area contributed by atoms with E-state index >= 15 is 0 Å². The van der Waals surface area contributed by atoms with E-state index in [0.717, 1.165) is 118 Å². The van der Waals surface area contributed by atoms with Crippen LogP contribution in [0.2, 0.25) is 39.3 Å². The molecule has 137 heavy (non-hydrogen) atoms. The van der Waals surface area contributed by atoms with Crippen molar-refractivity contribution >= 4 is 174 Å². The fraction of sp³-hybridized carbons (Fsp3) is 0.0732. The molecule has 0 bridgehead atoms. The Morgan fingerprint density at radius 3 is 1.14 bits per heavy atom. The normalized spacial score (nSPS) is 14.1. The molecule has 29 rings (SSSR count). The molecule has 1 aliphatic carbocycles. The van der Waals surface area contributed by atoms with Gasteiger partial charge in [0.15, 0.2) is 17.5 Å². The molecule has 0 unspecified atom stereocenters. The average Bonchev–Trinajstić information content (AvgIpc) is 1.53. The van der Waals surface area contributed by atoms with Crippen LogP contribution in [0.25, 0.3) is 226 Å². The summed E-state index contributed by atoms with van der Waals surface area (Å²) in [7, 11) is -6.22. The zero-order chi connectivity index (χ0) is 91.6. The minimum atomic E-state index is -2.13. The Kier molecular flexibility index (Phi) is 17.8. The van der Waals surface area contributed by atoms with Gasteiger partial charge in [-0.3, -0.25) is 4.57 Å². The number of hydrogen-bond acceptors (Lipinski definition) is 8. The molecule has 0 amide bonds. The molecule has 0 saturated heterocycles. The van der Waals surface area contributed by atoms with Gasteiger partial charge in [0.1, 0.15) is 41.2 Å². The molecular formula is C123H89N9OSSi3. The van der Waals surface area contributed by atoms with Crippen LogP contribution < -0.4 is 31.1 Å². The van der Waals surface area contributed by atoms with E-state index in [2.05, 4.69) is 437 Å². The van der Waals surface area contributed by atoms with E-state index in [1.165, 1.54) is 150 Å². The van der Waals surface area contributed by atoms with Crippen LogP contribution in [-0.2, 0) is 5.41 Å². The largest absolute Gasteiger partial charge is 0.456 e. The highest BCUT2D eigenvalue weighted by Crippen LogP contribution is 2.53. The number of furan rings is 1. The van der Waals surface area contributed by atoms with Gasteiger partial charge in [0.05, 0.1) is 61.6 Å². The van der Waals surface area contributed by atoms with Gasteiger partial charge < -0.3 is 13.6 Å². The Morgan fingerprint density at radius 1 is 0.241 bits per heavy atom. The molecule has 14 heteroatoms. The minimum absolute atomic E-state index is 0.0590. The van der Waals surface area contributed by atoms with E-state index in [0.29, 0.717) is 0 Å². The smallest absolute Gasteiger partial charge is 0.162 e. The number of aromatic nitrogens is 9. The predicted molar refractivity (Wildman–Crippen MR) is 581 cm³/mol. The first-order chi connectivity index (χ1) is 67.0. The highest BCUT2D eigenvalue weighted by atomic mass is 32.1. The van der Waals surface area contributed by atoms with Gasteiger partial charge in [-0.25, -0.2) is 29.9 Å². The summed E-state index contributed by atoms with van der Waals surface area (Å²) in [5.41, 5.74) is 31.1. The molecule has 4 aliphatic rings. The molecular weight excluding hydrogens is 1740 g/mol. The lowest BCUT2D eigenvalue weighted by Crippen LogP contribution is -2.51. The summed E-state index contributed by atoms with van der Waals surface area (Å²) in [6.07, 6.45) is 0. The Morgan fingerprint density at radius 2 is 0.620 bits per heavy atom. The van der Waals surface area contributed by atoms with Crippen LogP contribution in [0.3, 0.4) is 0 Å². The van der Waals surface area contributed by atoms with E-state index in [-0.39, 0.29) is 5.41 Å². The van der Waals surface area contributed by atoms with Crippen LogP contribution in [0.4, 0.5) is 0 Å².